The van der Waals surface area contributed by atoms with Crippen molar-refractivity contribution in [2.24, 2.45) is 0 Å². The van der Waals surface area contributed by atoms with Gasteiger partial charge in [-0.15, -0.1) is 5.10 Å². The number of hydrogen-bond acceptors (Lipinski definition) is 7. The van der Waals surface area contributed by atoms with Crippen LogP contribution in [0.4, 0.5) is 0 Å². The maximum atomic E-state index is 12.0. The van der Waals surface area contributed by atoms with Gasteiger partial charge in [0.2, 0.25) is 0 Å². The summed E-state index contributed by atoms with van der Waals surface area (Å²) in [6.07, 6.45) is 5.57. The molecule has 1 aromatic heterocycles. The Kier molecular flexibility index (Phi) is 6.59. The quantitative estimate of drug-likeness (QED) is 0.672. The molecule has 8 heteroatoms. The van der Waals surface area contributed by atoms with Crippen molar-refractivity contribution < 1.29 is 9.90 Å². The zero-order valence-electron chi connectivity index (χ0n) is 19.0. The molecule has 0 amide bonds. The Morgan fingerprint density at radius 2 is 1.81 bits per heavy atom. The SMILES string of the molecule is CC(C)(C)c1cc(C=C2SC=CN(CCc3nnn[nH]3)C2C=O)cc(C(C)(C)C)c1O. The van der Waals surface area contributed by atoms with E-state index in [0.29, 0.717) is 24.5 Å². The number of benzene rings is 1. The van der Waals surface area contributed by atoms with Crippen LogP contribution in [0.3, 0.4) is 0 Å². The van der Waals surface area contributed by atoms with Crippen LogP contribution in [0.1, 0.15) is 64.1 Å². The Labute approximate surface area is 188 Å². The van der Waals surface area contributed by atoms with Crippen molar-refractivity contribution >= 4 is 24.1 Å². The molecule has 0 bridgehead atoms. The average molecular weight is 442 g/mol. The van der Waals surface area contributed by atoms with E-state index in [1.807, 2.05) is 28.6 Å². The highest BCUT2D eigenvalue weighted by molar-refractivity contribution is 8.06. The van der Waals surface area contributed by atoms with E-state index in [1.54, 1.807) is 11.8 Å². The summed E-state index contributed by atoms with van der Waals surface area (Å²) in [6.45, 7) is 13.2. The molecule has 1 aromatic carbocycles. The molecule has 0 saturated carbocycles. The van der Waals surface area contributed by atoms with Crippen LogP contribution in [0.15, 0.2) is 28.6 Å². The monoisotopic (exact) mass is 441 g/mol. The number of aromatic nitrogens is 4. The second-order valence-electron chi connectivity index (χ2n) is 9.83. The number of phenols is 1. The van der Waals surface area contributed by atoms with Gasteiger partial charge in [0.05, 0.1) is 0 Å². The van der Waals surface area contributed by atoms with Gasteiger partial charge < -0.3 is 14.8 Å². The summed E-state index contributed by atoms with van der Waals surface area (Å²) in [7, 11) is 0. The molecule has 0 fully saturated rings. The van der Waals surface area contributed by atoms with Gasteiger partial charge in [0.15, 0.2) is 0 Å². The molecule has 2 aromatic rings. The van der Waals surface area contributed by atoms with Crippen molar-refractivity contribution in [3.05, 3.63) is 51.2 Å². The third-order valence-electron chi connectivity index (χ3n) is 5.29. The van der Waals surface area contributed by atoms with Crippen molar-refractivity contribution in [1.82, 2.24) is 25.5 Å². The zero-order chi connectivity index (χ0) is 22.8. The fourth-order valence-electron chi connectivity index (χ4n) is 3.56. The van der Waals surface area contributed by atoms with Crippen LogP contribution < -0.4 is 0 Å². The lowest BCUT2D eigenvalue weighted by molar-refractivity contribution is -0.110. The minimum atomic E-state index is -0.379. The van der Waals surface area contributed by atoms with Crippen LogP contribution in [0.25, 0.3) is 6.08 Å². The number of nitrogens with one attached hydrogen (secondary N) is 1. The van der Waals surface area contributed by atoms with Gasteiger partial charge in [-0.25, -0.2) is 5.10 Å². The lowest BCUT2D eigenvalue weighted by Crippen LogP contribution is -2.36. The molecule has 2 N–H and O–H groups in total. The summed E-state index contributed by atoms with van der Waals surface area (Å²) in [4.78, 5) is 15.0. The summed E-state index contributed by atoms with van der Waals surface area (Å²) >= 11 is 1.55. The summed E-state index contributed by atoms with van der Waals surface area (Å²) in [5, 5.41) is 26.8. The first-order valence-corrected chi connectivity index (χ1v) is 11.2. The number of H-pyrrole nitrogens is 1. The van der Waals surface area contributed by atoms with E-state index in [1.165, 1.54) is 0 Å². The highest BCUT2D eigenvalue weighted by Crippen LogP contribution is 2.41. The number of carbonyl (C=O) groups is 1. The Bertz CT molecular complexity index is 949. The van der Waals surface area contributed by atoms with Gasteiger partial charge in [-0.05, 0) is 50.4 Å². The first-order valence-electron chi connectivity index (χ1n) is 10.4. The lowest BCUT2D eigenvalue weighted by Gasteiger charge is -2.31. The number of tetrazole rings is 1. The summed E-state index contributed by atoms with van der Waals surface area (Å²) in [5.41, 5.74) is 2.37. The maximum Gasteiger partial charge on any atom is 0.150 e. The fourth-order valence-corrected chi connectivity index (χ4v) is 4.47. The number of carbonyl (C=O) groups excluding carboxylic acids is 1. The van der Waals surface area contributed by atoms with Gasteiger partial charge >= 0.3 is 0 Å². The number of aromatic amines is 1. The molecule has 31 heavy (non-hydrogen) atoms. The Balaban J connectivity index is 1.97. The van der Waals surface area contributed by atoms with Gasteiger partial charge in [-0.1, -0.05) is 53.3 Å². The van der Waals surface area contributed by atoms with E-state index in [9.17, 15) is 9.90 Å². The number of hydrogen-bond donors (Lipinski definition) is 2. The highest BCUT2D eigenvalue weighted by atomic mass is 32.2. The molecule has 2 heterocycles. The van der Waals surface area contributed by atoms with E-state index >= 15 is 0 Å². The first-order chi connectivity index (χ1) is 14.5. The summed E-state index contributed by atoms with van der Waals surface area (Å²) < 4.78 is 0. The van der Waals surface area contributed by atoms with Crippen molar-refractivity contribution in [2.75, 3.05) is 6.54 Å². The molecule has 0 spiro atoms. The second-order valence-corrected chi connectivity index (χ2v) is 10.8. The van der Waals surface area contributed by atoms with Crippen LogP contribution in [0.5, 0.6) is 5.75 Å². The van der Waals surface area contributed by atoms with Gasteiger partial charge in [0.25, 0.3) is 0 Å². The number of rotatable bonds is 5. The van der Waals surface area contributed by atoms with Crippen LogP contribution in [-0.4, -0.2) is 49.5 Å². The molecule has 1 unspecified atom stereocenters. The zero-order valence-corrected chi connectivity index (χ0v) is 19.8. The third-order valence-corrected chi connectivity index (χ3v) is 6.18. The molecule has 3 rings (SSSR count). The fraction of sp³-hybridized carbons (Fsp3) is 0.478. The number of aromatic hydroxyl groups is 1. The molecule has 1 aliphatic rings. The van der Waals surface area contributed by atoms with Crippen molar-refractivity contribution in [1.29, 1.82) is 0 Å². The normalized spacial score (nSPS) is 18.6. The lowest BCUT2D eigenvalue weighted by atomic mass is 9.78. The predicted molar refractivity (Wildman–Crippen MR) is 125 cm³/mol. The average Bonchev–Trinajstić information content (AvgIpc) is 3.19. The van der Waals surface area contributed by atoms with Gasteiger partial charge in [0, 0.05) is 35.2 Å². The Hall–Kier alpha value is -2.61. The minimum absolute atomic E-state index is 0.209. The molecule has 0 aliphatic carbocycles. The Morgan fingerprint density at radius 1 is 1.16 bits per heavy atom. The predicted octanol–water partition coefficient (Wildman–Crippen LogP) is 4.17. The molecule has 0 saturated heterocycles. The van der Waals surface area contributed by atoms with Crippen LogP contribution >= 0.6 is 11.8 Å². The number of aldehydes is 1. The van der Waals surface area contributed by atoms with Crippen molar-refractivity contribution in [2.45, 2.75) is 64.8 Å². The van der Waals surface area contributed by atoms with E-state index in [2.05, 4.69) is 68.2 Å². The van der Waals surface area contributed by atoms with E-state index in [-0.39, 0.29) is 16.9 Å². The smallest absolute Gasteiger partial charge is 0.150 e. The molecule has 7 nitrogen and oxygen atoms in total. The van der Waals surface area contributed by atoms with Crippen molar-refractivity contribution in [3.8, 4) is 5.75 Å². The van der Waals surface area contributed by atoms with Gasteiger partial charge in [-0.2, -0.15) is 0 Å². The first kappa shape index (κ1) is 23.1. The van der Waals surface area contributed by atoms with Crippen LogP contribution in [0.2, 0.25) is 0 Å². The molecular weight excluding hydrogens is 410 g/mol. The summed E-state index contributed by atoms with van der Waals surface area (Å²) in [5.74, 6) is 1.04. The van der Waals surface area contributed by atoms with Gasteiger partial charge in [-0.3, -0.25) is 0 Å². The summed E-state index contributed by atoms with van der Waals surface area (Å²) in [6, 6.07) is 3.68. The van der Waals surface area contributed by atoms with E-state index in [4.69, 9.17) is 0 Å². The van der Waals surface area contributed by atoms with Crippen molar-refractivity contribution in [3.63, 3.8) is 0 Å². The standard InChI is InChI=1S/C23H31N5O2S/c1-22(2,3)16-11-15(12-17(21(16)30)23(4,5)6)13-19-18(14-29)28(9-10-31-19)8-7-20-24-26-27-25-20/h9-14,18,30H,7-8H2,1-6H3,(H,24,25,26,27). The number of nitrogens with zero attached hydrogens (tertiary/aromatic N) is 4. The van der Waals surface area contributed by atoms with E-state index < -0.39 is 0 Å². The van der Waals surface area contributed by atoms with Crippen LogP contribution in [-0.2, 0) is 22.0 Å². The van der Waals surface area contributed by atoms with Gasteiger partial charge in [0.1, 0.15) is 23.9 Å². The molecule has 166 valence electrons. The Morgan fingerprint density at radius 3 is 2.32 bits per heavy atom. The number of thioether (sulfide) groups is 1. The molecule has 1 aliphatic heterocycles. The van der Waals surface area contributed by atoms with Crippen LogP contribution in [0, 0.1) is 0 Å². The minimum Gasteiger partial charge on any atom is -0.507 e. The number of phenolic OH excluding ortho intramolecular Hbond substituents is 1. The molecule has 0 radical (unpaired) electrons. The topological polar surface area (TPSA) is 95.0 Å². The maximum absolute atomic E-state index is 12.0. The van der Waals surface area contributed by atoms with E-state index in [0.717, 1.165) is 27.9 Å². The largest absolute Gasteiger partial charge is 0.507 e. The third kappa shape index (κ3) is 5.36. The molecule has 1 atom stereocenters. The highest BCUT2D eigenvalue weighted by Gasteiger charge is 2.27. The second kappa shape index (κ2) is 8.86. The molecular formula is C23H31N5O2S.